The topological polar surface area (TPSA) is 47.6 Å². The van der Waals surface area contributed by atoms with Gasteiger partial charge in [0.1, 0.15) is 11.5 Å². The highest BCUT2D eigenvalue weighted by molar-refractivity contribution is 5.86. The number of nitrogens with one attached hydrogen (secondary N) is 1. The van der Waals surface area contributed by atoms with Crippen molar-refractivity contribution in [2.45, 2.75) is 12.9 Å². The van der Waals surface area contributed by atoms with Crippen LogP contribution >= 0.6 is 0 Å². The molecule has 0 saturated heterocycles. The predicted molar refractivity (Wildman–Crippen MR) is 61.7 cm³/mol. The Morgan fingerprint density at radius 3 is 2.58 bits per heavy atom. The molecule has 0 saturated carbocycles. The van der Waals surface area contributed by atoms with E-state index in [1.165, 1.54) is 19.2 Å². The molecular formula is C12H12F3NO3. The minimum atomic E-state index is -4.82. The number of rotatable bonds is 5. The third kappa shape index (κ3) is 4.53. The van der Waals surface area contributed by atoms with Gasteiger partial charge in [0.2, 0.25) is 5.91 Å². The molecule has 1 N–H and O–H groups in total. The Kier molecular flexibility index (Phi) is 4.80. The van der Waals surface area contributed by atoms with Crippen LogP contribution in [0.4, 0.5) is 13.2 Å². The first-order chi connectivity index (χ1) is 8.87. The summed E-state index contributed by atoms with van der Waals surface area (Å²) < 4.78 is 45.6. The molecule has 4 nitrogen and oxygen atoms in total. The van der Waals surface area contributed by atoms with Crippen molar-refractivity contribution in [2.24, 2.45) is 0 Å². The van der Waals surface area contributed by atoms with Gasteiger partial charge in [-0.15, -0.1) is 13.2 Å². The van der Waals surface area contributed by atoms with E-state index < -0.39 is 18.0 Å². The normalized spacial score (nSPS) is 10.7. The van der Waals surface area contributed by atoms with E-state index in [-0.39, 0.29) is 17.9 Å². The quantitative estimate of drug-likeness (QED) is 0.839. The molecule has 0 aliphatic carbocycles. The van der Waals surface area contributed by atoms with Gasteiger partial charge >= 0.3 is 6.36 Å². The lowest BCUT2D eigenvalue weighted by Gasteiger charge is -2.16. The molecule has 104 valence electrons. The van der Waals surface area contributed by atoms with E-state index in [9.17, 15) is 18.0 Å². The first kappa shape index (κ1) is 14.9. The average Bonchev–Trinajstić information content (AvgIpc) is 2.34. The third-order valence-corrected chi connectivity index (χ3v) is 2.16. The van der Waals surface area contributed by atoms with Crippen LogP contribution in [0, 0.1) is 0 Å². The van der Waals surface area contributed by atoms with E-state index in [1.807, 2.05) is 0 Å². The van der Waals surface area contributed by atoms with Crippen molar-refractivity contribution >= 4 is 5.91 Å². The molecule has 0 aliphatic rings. The second-order valence-electron chi connectivity index (χ2n) is 3.41. The number of alkyl halides is 3. The number of benzene rings is 1. The lowest BCUT2D eigenvalue weighted by Crippen LogP contribution is -2.23. The average molecular weight is 275 g/mol. The highest BCUT2D eigenvalue weighted by Crippen LogP contribution is 2.32. The fourth-order valence-corrected chi connectivity index (χ4v) is 1.38. The largest absolute Gasteiger partial charge is 0.573 e. The summed E-state index contributed by atoms with van der Waals surface area (Å²) in [5, 5.41) is 2.37. The van der Waals surface area contributed by atoms with E-state index in [4.69, 9.17) is 4.74 Å². The van der Waals surface area contributed by atoms with Gasteiger partial charge in [-0.2, -0.15) is 0 Å². The van der Waals surface area contributed by atoms with Crippen molar-refractivity contribution in [1.29, 1.82) is 0 Å². The summed E-state index contributed by atoms with van der Waals surface area (Å²) >= 11 is 0. The van der Waals surface area contributed by atoms with Crippen LogP contribution in [0.25, 0.3) is 0 Å². The van der Waals surface area contributed by atoms with Gasteiger partial charge in [-0.1, -0.05) is 12.6 Å². The first-order valence-electron chi connectivity index (χ1n) is 5.19. The molecule has 1 amide bonds. The van der Waals surface area contributed by atoms with Crippen molar-refractivity contribution < 1.29 is 27.4 Å². The molecule has 0 fully saturated rings. The molecular weight excluding hydrogens is 263 g/mol. The Balaban J connectivity index is 3.02. The molecule has 1 aromatic carbocycles. The lowest BCUT2D eigenvalue weighted by atomic mass is 10.1. The Bertz CT molecular complexity index is 472. The molecule has 0 spiro atoms. The minimum absolute atomic E-state index is 0.0949. The number of hydrogen-bond acceptors (Lipinski definition) is 3. The molecule has 0 radical (unpaired) electrons. The Hall–Kier alpha value is -2.18. The van der Waals surface area contributed by atoms with Gasteiger partial charge in [-0.25, -0.2) is 0 Å². The van der Waals surface area contributed by atoms with Crippen molar-refractivity contribution in [1.82, 2.24) is 5.32 Å². The number of carbonyl (C=O) groups is 1. The van der Waals surface area contributed by atoms with Gasteiger partial charge < -0.3 is 14.8 Å². The van der Waals surface area contributed by atoms with Gasteiger partial charge in [0.05, 0.1) is 19.2 Å². The molecule has 0 aromatic heterocycles. The van der Waals surface area contributed by atoms with E-state index >= 15 is 0 Å². The highest BCUT2D eigenvalue weighted by atomic mass is 19.4. The number of halogens is 3. The molecule has 7 heteroatoms. The van der Waals surface area contributed by atoms with Crippen LogP contribution in [-0.2, 0) is 11.3 Å². The van der Waals surface area contributed by atoms with Crippen LogP contribution in [-0.4, -0.2) is 19.4 Å². The standard InChI is InChI=1S/C12H12F3NO3/c1-3-11(17)16-7-8-9(18-2)5-4-6-10(8)19-12(13,14)15/h3-6H,1,7H2,2H3,(H,16,17). The van der Waals surface area contributed by atoms with Gasteiger partial charge in [0, 0.05) is 0 Å². The maximum atomic E-state index is 12.3. The maximum Gasteiger partial charge on any atom is 0.573 e. The molecule has 19 heavy (non-hydrogen) atoms. The summed E-state index contributed by atoms with van der Waals surface area (Å²) in [6.07, 6.45) is -3.80. The van der Waals surface area contributed by atoms with E-state index in [1.54, 1.807) is 0 Å². The minimum Gasteiger partial charge on any atom is -0.496 e. The Morgan fingerprint density at radius 2 is 2.05 bits per heavy atom. The number of ether oxygens (including phenoxy) is 2. The molecule has 0 unspecified atom stereocenters. The number of hydrogen-bond donors (Lipinski definition) is 1. The zero-order valence-corrected chi connectivity index (χ0v) is 10.1. The van der Waals surface area contributed by atoms with Crippen molar-refractivity contribution in [3.05, 3.63) is 36.4 Å². The van der Waals surface area contributed by atoms with Gasteiger partial charge in [0.15, 0.2) is 0 Å². The van der Waals surface area contributed by atoms with Crippen LogP contribution in [0.1, 0.15) is 5.56 Å². The summed E-state index contributed by atoms with van der Waals surface area (Å²) in [5.41, 5.74) is 0.0949. The Morgan fingerprint density at radius 1 is 1.42 bits per heavy atom. The molecule has 0 aliphatic heterocycles. The molecule has 0 heterocycles. The summed E-state index contributed by atoms with van der Waals surface area (Å²) in [7, 11) is 1.31. The van der Waals surface area contributed by atoms with Gasteiger partial charge in [-0.3, -0.25) is 4.79 Å². The fourth-order valence-electron chi connectivity index (χ4n) is 1.38. The number of amides is 1. The smallest absolute Gasteiger partial charge is 0.496 e. The van der Waals surface area contributed by atoms with Crippen LogP contribution in [0.5, 0.6) is 11.5 Å². The molecule has 1 aromatic rings. The molecule has 0 atom stereocenters. The van der Waals surface area contributed by atoms with Crippen molar-refractivity contribution in [3.63, 3.8) is 0 Å². The van der Waals surface area contributed by atoms with Crippen LogP contribution < -0.4 is 14.8 Å². The third-order valence-electron chi connectivity index (χ3n) is 2.16. The number of methoxy groups -OCH3 is 1. The van der Waals surface area contributed by atoms with Gasteiger partial charge in [0.25, 0.3) is 0 Å². The van der Waals surface area contributed by atoms with E-state index in [0.29, 0.717) is 0 Å². The van der Waals surface area contributed by atoms with Crippen molar-refractivity contribution in [3.8, 4) is 11.5 Å². The zero-order chi connectivity index (χ0) is 14.5. The second kappa shape index (κ2) is 6.12. The van der Waals surface area contributed by atoms with E-state index in [0.717, 1.165) is 12.1 Å². The van der Waals surface area contributed by atoms with Crippen LogP contribution in [0.3, 0.4) is 0 Å². The first-order valence-corrected chi connectivity index (χ1v) is 5.19. The zero-order valence-electron chi connectivity index (χ0n) is 10.1. The van der Waals surface area contributed by atoms with Gasteiger partial charge in [-0.05, 0) is 18.2 Å². The predicted octanol–water partition coefficient (Wildman–Crippen LogP) is 2.40. The van der Waals surface area contributed by atoms with E-state index in [2.05, 4.69) is 16.6 Å². The second-order valence-corrected chi connectivity index (χ2v) is 3.41. The Labute approximate surface area is 107 Å². The highest BCUT2D eigenvalue weighted by Gasteiger charge is 2.32. The SMILES string of the molecule is C=CC(=O)NCc1c(OC)cccc1OC(F)(F)F. The van der Waals surface area contributed by atoms with Crippen LogP contribution in [0.2, 0.25) is 0 Å². The molecule has 0 bridgehead atoms. The summed E-state index contributed by atoms with van der Waals surface area (Å²) in [5.74, 6) is -0.744. The van der Waals surface area contributed by atoms with Crippen LogP contribution in [0.15, 0.2) is 30.9 Å². The lowest BCUT2D eigenvalue weighted by molar-refractivity contribution is -0.274. The summed E-state index contributed by atoms with van der Waals surface area (Å²) in [6.45, 7) is 3.08. The molecule has 1 rings (SSSR count). The maximum absolute atomic E-state index is 12.3. The summed E-state index contributed by atoms with van der Waals surface area (Å²) in [6, 6.07) is 3.97. The monoisotopic (exact) mass is 275 g/mol. The summed E-state index contributed by atoms with van der Waals surface area (Å²) in [4.78, 5) is 11.0. The van der Waals surface area contributed by atoms with Crippen molar-refractivity contribution in [2.75, 3.05) is 7.11 Å². The fraction of sp³-hybridized carbons (Fsp3) is 0.250. The number of carbonyl (C=O) groups excluding carboxylic acids is 1.